The van der Waals surface area contributed by atoms with Crippen molar-refractivity contribution in [1.82, 2.24) is 0 Å². The van der Waals surface area contributed by atoms with Gasteiger partial charge in [-0.3, -0.25) is 9.36 Å². The first-order chi connectivity index (χ1) is 10.5. The van der Waals surface area contributed by atoms with E-state index in [9.17, 15) is 14.5 Å². The third kappa shape index (κ3) is 5.13. The number of hydrogen-bond donors (Lipinski definition) is 1. The zero-order chi connectivity index (χ0) is 17.8. The van der Waals surface area contributed by atoms with Crippen LogP contribution in [0.15, 0.2) is 24.3 Å². The molecular weight excluding hydrogens is 339 g/mol. The van der Waals surface area contributed by atoms with Gasteiger partial charge in [-0.2, -0.15) is 0 Å². The summed E-state index contributed by atoms with van der Waals surface area (Å²) in [5, 5.41) is 9.57. The number of ketones is 1. The maximum atomic E-state index is 13.4. The summed E-state index contributed by atoms with van der Waals surface area (Å²) < 4.78 is 24.4. The number of benzene rings is 1. The number of aliphatic hydroxyl groups is 1. The van der Waals surface area contributed by atoms with E-state index < -0.39 is 25.1 Å². The molecule has 1 unspecified atom stereocenters. The molecule has 0 fully saturated rings. The van der Waals surface area contributed by atoms with Gasteiger partial charge in [0.1, 0.15) is 5.78 Å². The van der Waals surface area contributed by atoms with Gasteiger partial charge in [0.15, 0.2) is 5.34 Å². The summed E-state index contributed by atoms with van der Waals surface area (Å²) in [4.78, 5) is 11.7. The first-order valence-corrected chi connectivity index (χ1v) is 9.37. The molecule has 5 nitrogen and oxygen atoms in total. The molecule has 0 heterocycles. The van der Waals surface area contributed by atoms with E-state index in [1.165, 1.54) is 19.1 Å². The Balaban J connectivity index is 3.47. The zero-order valence-corrected chi connectivity index (χ0v) is 15.7. The van der Waals surface area contributed by atoms with Crippen LogP contribution in [0.4, 0.5) is 0 Å². The second-order valence-electron chi connectivity index (χ2n) is 6.01. The monoisotopic (exact) mass is 362 g/mol. The second kappa shape index (κ2) is 7.91. The molecule has 0 saturated carbocycles. The highest BCUT2D eigenvalue weighted by Crippen LogP contribution is 2.66. The number of carbonyl (C=O) groups is 1. The molecule has 7 heteroatoms. The van der Waals surface area contributed by atoms with Crippen LogP contribution in [0.2, 0.25) is 5.02 Å². The van der Waals surface area contributed by atoms with Crippen LogP contribution in [0.3, 0.4) is 0 Å². The van der Waals surface area contributed by atoms with E-state index in [1.54, 1.807) is 39.8 Å². The molecule has 130 valence electrons. The molecule has 0 bridgehead atoms. The molecule has 1 N–H and O–H groups in total. The standard InChI is InChI=1S/C16H24ClO5P/c1-11(2)21-23(20,22-12(3)4)16(19,10-13(5)18)14-6-8-15(17)9-7-14/h6-9,11-12,19H,10H2,1-5H3. The van der Waals surface area contributed by atoms with Crippen molar-refractivity contribution in [3.05, 3.63) is 34.9 Å². The van der Waals surface area contributed by atoms with Crippen molar-refractivity contribution >= 4 is 25.0 Å². The molecule has 0 radical (unpaired) electrons. The third-order valence-electron chi connectivity index (χ3n) is 2.95. The van der Waals surface area contributed by atoms with E-state index in [0.29, 0.717) is 5.02 Å². The Kier molecular flexibility index (Phi) is 6.99. The Morgan fingerprint density at radius 1 is 1.17 bits per heavy atom. The Bertz CT molecular complexity index is 571. The molecule has 1 aromatic carbocycles. The summed E-state index contributed by atoms with van der Waals surface area (Å²) in [5.74, 6) is -0.331. The second-order valence-corrected chi connectivity index (χ2v) is 8.60. The molecule has 0 aliphatic carbocycles. The van der Waals surface area contributed by atoms with E-state index in [4.69, 9.17) is 20.6 Å². The van der Waals surface area contributed by atoms with Gasteiger partial charge in [0.05, 0.1) is 18.6 Å². The first kappa shape index (κ1) is 20.3. The molecule has 0 amide bonds. The van der Waals surface area contributed by atoms with Crippen molar-refractivity contribution in [1.29, 1.82) is 0 Å². The minimum Gasteiger partial charge on any atom is -0.373 e. The van der Waals surface area contributed by atoms with Gasteiger partial charge >= 0.3 is 7.60 Å². The maximum Gasteiger partial charge on any atom is 0.367 e. The Morgan fingerprint density at radius 3 is 1.96 bits per heavy atom. The number of rotatable bonds is 8. The summed E-state index contributed by atoms with van der Waals surface area (Å²) in [5.41, 5.74) is 0.265. The molecule has 0 spiro atoms. The van der Waals surface area contributed by atoms with Crippen LogP contribution < -0.4 is 0 Å². The highest BCUT2D eigenvalue weighted by molar-refractivity contribution is 7.55. The number of halogens is 1. The highest BCUT2D eigenvalue weighted by Gasteiger charge is 2.53. The van der Waals surface area contributed by atoms with Gasteiger partial charge in [0.25, 0.3) is 0 Å². The van der Waals surface area contributed by atoms with Crippen molar-refractivity contribution in [3.8, 4) is 0 Å². The lowest BCUT2D eigenvalue weighted by Gasteiger charge is -2.36. The Hall–Kier alpha value is -0.710. The van der Waals surface area contributed by atoms with Gasteiger partial charge in [0, 0.05) is 5.02 Å². The summed E-state index contributed by atoms with van der Waals surface area (Å²) in [6, 6.07) is 6.14. The predicted molar refractivity (Wildman–Crippen MR) is 90.7 cm³/mol. The van der Waals surface area contributed by atoms with E-state index in [0.717, 1.165) is 0 Å². The largest absolute Gasteiger partial charge is 0.373 e. The molecule has 1 atom stereocenters. The smallest absolute Gasteiger partial charge is 0.367 e. The lowest BCUT2D eigenvalue weighted by atomic mass is 10.0. The lowest BCUT2D eigenvalue weighted by Crippen LogP contribution is -2.32. The summed E-state index contributed by atoms with van der Waals surface area (Å²) in [6.45, 7) is 8.06. The molecular formula is C16H24ClO5P. The Morgan fingerprint density at radius 2 is 1.61 bits per heavy atom. The van der Waals surface area contributed by atoms with Gasteiger partial charge in [0.2, 0.25) is 0 Å². The van der Waals surface area contributed by atoms with E-state index in [-0.39, 0.29) is 17.8 Å². The van der Waals surface area contributed by atoms with Gasteiger partial charge in [-0.1, -0.05) is 23.7 Å². The summed E-state index contributed by atoms with van der Waals surface area (Å²) in [7, 11) is -4.05. The average molecular weight is 363 g/mol. The van der Waals surface area contributed by atoms with Gasteiger partial charge in [-0.05, 0) is 52.3 Å². The zero-order valence-electron chi connectivity index (χ0n) is 14.1. The van der Waals surface area contributed by atoms with Crippen LogP contribution in [0, 0.1) is 0 Å². The van der Waals surface area contributed by atoms with E-state index in [2.05, 4.69) is 0 Å². The highest BCUT2D eigenvalue weighted by atomic mass is 35.5. The van der Waals surface area contributed by atoms with Crippen molar-refractivity contribution in [2.45, 2.75) is 58.6 Å². The van der Waals surface area contributed by atoms with Gasteiger partial charge in [-0.25, -0.2) is 0 Å². The topological polar surface area (TPSA) is 72.8 Å². The fourth-order valence-electron chi connectivity index (χ4n) is 2.18. The minimum absolute atomic E-state index is 0.265. The lowest BCUT2D eigenvalue weighted by molar-refractivity contribution is -0.120. The van der Waals surface area contributed by atoms with Crippen molar-refractivity contribution in [2.75, 3.05) is 0 Å². The number of Topliss-reactive ketones (excluding diaryl/α,β-unsaturated/α-hetero) is 1. The quantitative estimate of drug-likeness (QED) is 0.689. The van der Waals surface area contributed by atoms with Crippen molar-refractivity contribution < 1.29 is 23.5 Å². The minimum atomic E-state index is -4.05. The maximum absolute atomic E-state index is 13.4. The first-order valence-electron chi connectivity index (χ1n) is 7.45. The average Bonchev–Trinajstić information content (AvgIpc) is 2.36. The summed E-state index contributed by atoms with van der Waals surface area (Å²) in [6.07, 6.45) is -1.29. The summed E-state index contributed by atoms with van der Waals surface area (Å²) >= 11 is 5.87. The Labute approximate surface area is 142 Å². The van der Waals surface area contributed by atoms with Crippen LogP contribution in [-0.2, 0) is 23.7 Å². The van der Waals surface area contributed by atoms with Crippen LogP contribution >= 0.6 is 19.2 Å². The molecule has 0 aliphatic rings. The third-order valence-corrected chi connectivity index (χ3v) is 5.93. The van der Waals surface area contributed by atoms with Crippen LogP contribution in [0.25, 0.3) is 0 Å². The van der Waals surface area contributed by atoms with Gasteiger partial charge < -0.3 is 14.2 Å². The van der Waals surface area contributed by atoms with E-state index in [1.807, 2.05) is 0 Å². The van der Waals surface area contributed by atoms with Gasteiger partial charge in [-0.15, -0.1) is 0 Å². The normalized spacial score (nSPS) is 15.0. The molecule has 23 heavy (non-hydrogen) atoms. The molecule has 1 rings (SSSR count). The molecule has 0 aliphatic heterocycles. The fourth-order valence-corrected chi connectivity index (χ4v) is 4.69. The van der Waals surface area contributed by atoms with E-state index >= 15 is 0 Å². The van der Waals surface area contributed by atoms with Crippen LogP contribution in [-0.4, -0.2) is 23.1 Å². The van der Waals surface area contributed by atoms with Crippen molar-refractivity contribution in [2.24, 2.45) is 0 Å². The van der Waals surface area contributed by atoms with Crippen LogP contribution in [0.1, 0.15) is 46.6 Å². The molecule has 0 aromatic heterocycles. The fraction of sp³-hybridized carbons (Fsp3) is 0.562. The number of hydrogen-bond acceptors (Lipinski definition) is 5. The van der Waals surface area contributed by atoms with Crippen molar-refractivity contribution in [3.63, 3.8) is 0 Å². The number of carbonyl (C=O) groups excluding carboxylic acids is 1. The molecule has 0 saturated heterocycles. The van der Waals surface area contributed by atoms with Crippen LogP contribution in [0.5, 0.6) is 0 Å². The molecule has 1 aromatic rings. The SMILES string of the molecule is CC(=O)CC(O)(c1ccc(Cl)cc1)P(=O)(OC(C)C)OC(C)C. The predicted octanol–water partition coefficient (Wildman–Crippen LogP) is 4.51.